The Labute approximate surface area is 109 Å². The van der Waals surface area contributed by atoms with Crippen molar-refractivity contribution in [2.24, 2.45) is 0 Å². The van der Waals surface area contributed by atoms with Crippen LogP contribution in [0.3, 0.4) is 0 Å². The number of β-amino-alcohol motifs (C(OH)–C–C–N with tert-alkyl or cyclic N) is 1. The molecule has 1 unspecified atom stereocenters. The smallest absolute Gasteiger partial charge is 0.306 e. The van der Waals surface area contributed by atoms with Crippen LogP contribution in [0.1, 0.15) is 24.1 Å². The van der Waals surface area contributed by atoms with Crippen molar-refractivity contribution in [3.05, 3.63) is 16.3 Å². The molecule has 5 nitrogen and oxygen atoms in total. The van der Waals surface area contributed by atoms with Gasteiger partial charge in [-0.1, -0.05) is 0 Å². The van der Waals surface area contributed by atoms with Gasteiger partial charge in [-0.15, -0.1) is 11.3 Å². The van der Waals surface area contributed by atoms with Crippen LogP contribution in [0.15, 0.2) is 11.4 Å². The zero-order chi connectivity index (χ0) is 13.1. The summed E-state index contributed by atoms with van der Waals surface area (Å²) in [4.78, 5) is 25.2. The number of aliphatic carboxylic acids is 1. The van der Waals surface area contributed by atoms with E-state index in [0.29, 0.717) is 6.42 Å². The number of hydrogen-bond donors (Lipinski definition) is 2. The lowest BCUT2D eigenvalue weighted by atomic mass is 10.2. The molecule has 0 spiro atoms. The zero-order valence-electron chi connectivity index (χ0n) is 9.83. The molecule has 0 aliphatic carbocycles. The molecule has 0 saturated heterocycles. The van der Waals surface area contributed by atoms with Gasteiger partial charge in [0.1, 0.15) is 0 Å². The molecule has 0 radical (unpaired) electrons. The van der Waals surface area contributed by atoms with E-state index in [9.17, 15) is 14.7 Å². The lowest BCUT2D eigenvalue weighted by Crippen LogP contribution is -2.37. The second-order valence-corrected chi connectivity index (χ2v) is 5.34. The van der Waals surface area contributed by atoms with Crippen LogP contribution < -0.4 is 4.90 Å². The van der Waals surface area contributed by atoms with Gasteiger partial charge in [-0.25, -0.2) is 0 Å². The SMILES string of the molecule is O=C(O)CC(O)CN1C(=O)CCCc2sccc21. The zero-order valence-corrected chi connectivity index (χ0v) is 10.7. The van der Waals surface area contributed by atoms with Crippen molar-refractivity contribution in [2.75, 3.05) is 11.4 Å². The minimum Gasteiger partial charge on any atom is -0.481 e. The number of carboxylic acid groups (broad SMARTS) is 1. The molecule has 0 fully saturated rings. The van der Waals surface area contributed by atoms with Crippen LogP contribution in [0, 0.1) is 0 Å². The van der Waals surface area contributed by atoms with Crippen molar-refractivity contribution in [1.29, 1.82) is 0 Å². The topological polar surface area (TPSA) is 77.8 Å². The van der Waals surface area contributed by atoms with Crippen molar-refractivity contribution in [2.45, 2.75) is 31.8 Å². The highest BCUT2D eigenvalue weighted by Gasteiger charge is 2.25. The molecule has 1 aromatic heterocycles. The highest BCUT2D eigenvalue weighted by molar-refractivity contribution is 7.10. The molecule has 1 amide bonds. The van der Waals surface area contributed by atoms with Crippen molar-refractivity contribution < 1.29 is 19.8 Å². The summed E-state index contributed by atoms with van der Waals surface area (Å²) in [6, 6.07) is 1.86. The normalized spacial score (nSPS) is 17.2. The van der Waals surface area contributed by atoms with E-state index in [1.165, 1.54) is 4.90 Å². The Hall–Kier alpha value is -1.40. The summed E-state index contributed by atoms with van der Waals surface area (Å²) in [5, 5.41) is 20.2. The quantitative estimate of drug-likeness (QED) is 0.862. The van der Waals surface area contributed by atoms with Gasteiger partial charge in [-0.2, -0.15) is 0 Å². The number of thiophene rings is 1. The Morgan fingerprint density at radius 3 is 3.00 bits per heavy atom. The second kappa shape index (κ2) is 5.49. The van der Waals surface area contributed by atoms with Crippen molar-refractivity contribution in [3.63, 3.8) is 0 Å². The average molecular weight is 269 g/mol. The maximum absolute atomic E-state index is 12.0. The fraction of sp³-hybridized carbons (Fsp3) is 0.500. The van der Waals surface area contributed by atoms with E-state index in [0.717, 1.165) is 23.4 Å². The molecule has 2 N–H and O–H groups in total. The number of aryl methyl sites for hydroxylation is 1. The molecule has 98 valence electrons. The van der Waals surface area contributed by atoms with Gasteiger partial charge in [0.15, 0.2) is 0 Å². The van der Waals surface area contributed by atoms with Crippen LogP contribution in [-0.2, 0) is 16.0 Å². The molecule has 1 aliphatic rings. The molecule has 0 aromatic carbocycles. The highest BCUT2D eigenvalue weighted by Crippen LogP contribution is 2.31. The third kappa shape index (κ3) is 2.88. The van der Waals surface area contributed by atoms with Crippen LogP contribution in [0.4, 0.5) is 5.69 Å². The number of hydrogen-bond acceptors (Lipinski definition) is 4. The Kier molecular flexibility index (Phi) is 3.98. The van der Waals surface area contributed by atoms with Crippen molar-refractivity contribution in [1.82, 2.24) is 0 Å². The number of carbonyl (C=O) groups is 2. The Morgan fingerprint density at radius 1 is 1.50 bits per heavy atom. The van der Waals surface area contributed by atoms with Gasteiger partial charge in [0.05, 0.1) is 24.8 Å². The van der Waals surface area contributed by atoms with E-state index in [-0.39, 0.29) is 18.9 Å². The fourth-order valence-electron chi connectivity index (χ4n) is 2.11. The Balaban J connectivity index is 2.15. The van der Waals surface area contributed by atoms with E-state index in [2.05, 4.69) is 0 Å². The minimum atomic E-state index is -1.06. The summed E-state index contributed by atoms with van der Waals surface area (Å²) in [5.74, 6) is -1.10. The molecule has 18 heavy (non-hydrogen) atoms. The minimum absolute atomic E-state index is 0.0448. The standard InChI is InChI=1S/C12H15NO4S/c14-8(6-12(16)17)7-13-9-4-5-18-10(9)2-1-3-11(13)15/h4-5,8,14H,1-3,6-7H2,(H,16,17). The molecule has 0 saturated carbocycles. The lowest BCUT2D eigenvalue weighted by Gasteiger charge is -2.23. The maximum Gasteiger partial charge on any atom is 0.306 e. The van der Waals surface area contributed by atoms with Crippen LogP contribution in [0.2, 0.25) is 0 Å². The number of carboxylic acids is 1. The first-order chi connectivity index (χ1) is 8.58. The average Bonchev–Trinajstić information content (AvgIpc) is 2.67. The summed E-state index contributed by atoms with van der Waals surface area (Å²) in [7, 11) is 0. The van der Waals surface area contributed by atoms with E-state index < -0.39 is 12.1 Å². The van der Waals surface area contributed by atoms with E-state index >= 15 is 0 Å². The fourth-order valence-corrected chi connectivity index (χ4v) is 3.03. The number of aliphatic hydroxyl groups excluding tert-OH is 1. The van der Waals surface area contributed by atoms with Gasteiger partial charge in [0.25, 0.3) is 0 Å². The van der Waals surface area contributed by atoms with E-state index in [1.807, 2.05) is 11.4 Å². The number of anilines is 1. The van der Waals surface area contributed by atoms with Gasteiger partial charge >= 0.3 is 5.97 Å². The predicted octanol–water partition coefficient (Wildman–Crippen LogP) is 1.25. The summed E-state index contributed by atoms with van der Waals surface area (Å²) < 4.78 is 0. The van der Waals surface area contributed by atoms with Gasteiger partial charge in [-0.3, -0.25) is 9.59 Å². The van der Waals surface area contributed by atoms with Crippen LogP contribution in [0.25, 0.3) is 0 Å². The monoisotopic (exact) mass is 269 g/mol. The molecule has 1 aromatic rings. The molecule has 1 atom stereocenters. The molecule has 6 heteroatoms. The Morgan fingerprint density at radius 2 is 2.28 bits per heavy atom. The summed E-state index contributed by atoms with van der Waals surface area (Å²) in [6.45, 7) is 0.0505. The summed E-state index contributed by atoms with van der Waals surface area (Å²) in [5.41, 5.74) is 0.826. The first-order valence-electron chi connectivity index (χ1n) is 5.84. The van der Waals surface area contributed by atoms with Gasteiger partial charge in [-0.05, 0) is 24.3 Å². The summed E-state index contributed by atoms with van der Waals surface area (Å²) >= 11 is 1.59. The number of aliphatic hydroxyl groups is 1. The third-order valence-corrected chi connectivity index (χ3v) is 3.88. The van der Waals surface area contributed by atoms with Crippen LogP contribution in [0.5, 0.6) is 0 Å². The molecular formula is C12H15NO4S. The van der Waals surface area contributed by atoms with Crippen molar-refractivity contribution >= 4 is 28.9 Å². The molecule has 1 aliphatic heterocycles. The first kappa shape index (κ1) is 13.0. The number of carbonyl (C=O) groups excluding carboxylic acids is 1. The van der Waals surface area contributed by atoms with Crippen molar-refractivity contribution in [3.8, 4) is 0 Å². The number of amides is 1. The molecular weight excluding hydrogens is 254 g/mol. The van der Waals surface area contributed by atoms with Crippen LogP contribution >= 0.6 is 11.3 Å². The largest absolute Gasteiger partial charge is 0.481 e. The summed E-state index contributed by atoms with van der Waals surface area (Å²) in [6.07, 6.45) is 0.740. The number of rotatable bonds is 4. The maximum atomic E-state index is 12.0. The van der Waals surface area contributed by atoms with E-state index in [1.54, 1.807) is 11.3 Å². The second-order valence-electron chi connectivity index (χ2n) is 4.34. The molecule has 2 rings (SSSR count). The van der Waals surface area contributed by atoms with Gasteiger partial charge < -0.3 is 15.1 Å². The first-order valence-corrected chi connectivity index (χ1v) is 6.72. The molecule has 2 heterocycles. The number of fused-ring (bicyclic) bond motifs is 1. The highest BCUT2D eigenvalue weighted by atomic mass is 32.1. The van der Waals surface area contributed by atoms with E-state index in [4.69, 9.17) is 5.11 Å². The van der Waals surface area contributed by atoms with Gasteiger partial charge in [0, 0.05) is 11.3 Å². The number of nitrogens with zero attached hydrogens (tertiary/aromatic N) is 1. The third-order valence-electron chi connectivity index (χ3n) is 2.91. The Bertz CT molecular complexity index is 457. The predicted molar refractivity (Wildman–Crippen MR) is 67.9 cm³/mol. The van der Waals surface area contributed by atoms with Crippen LogP contribution in [-0.4, -0.2) is 34.7 Å². The molecule has 0 bridgehead atoms. The van der Waals surface area contributed by atoms with Gasteiger partial charge in [0.2, 0.25) is 5.91 Å². The lowest BCUT2D eigenvalue weighted by molar-refractivity contribution is -0.139.